The number of hydrogen-bond donors (Lipinski definition) is 1. The van der Waals surface area contributed by atoms with Crippen molar-refractivity contribution >= 4 is 45.5 Å². The van der Waals surface area contributed by atoms with Crippen LogP contribution in [0.2, 0.25) is 5.02 Å². The highest BCUT2D eigenvalue weighted by Gasteiger charge is 2.48. The van der Waals surface area contributed by atoms with Crippen molar-refractivity contribution in [3.8, 4) is 0 Å². The Labute approximate surface area is 195 Å². The van der Waals surface area contributed by atoms with Crippen LogP contribution in [0.5, 0.6) is 0 Å². The summed E-state index contributed by atoms with van der Waals surface area (Å²) in [6.07, 6.45) is 0. The molecule has 6 nitrogen and oxygen atoms in total. The lowest BCUT2D eigenvalue weighted by Gasteiger charge is -2.24. The maximum absolute atomic E-state index is 13.1. The Morgan fingerprint density at radius 2 is 1.66 bits per heavy atom. The van der Waals surface area contributed by atoms with Gasteiger partial charge in [0.15, 0.2) is 0 Å². The van der Waals surface area contributed by atoms with Crippen molar-refractivity contribution in [3.05, 3.63) is 80.8 Å². The monoisotopic (exact) mass is 467 g/mol. The fourth-order valence-corrected chi connectivity index (χ4v) is 4.50. The van der Waals surface area contributed by atoms with Gasteiger partial charge in [-0.3, -0.25) is 14.5 Å². The molecular weight excluding hydrogens is 446 g/mol. The number of carbonyl (C=O) groups excluding carboxylic acids is 2. The van der Waals surface area contributed by atoms with Crippen molar-refractivity contribution in [3.63, 3.8) is 0 Å². The van der Waals surface area contributed by atoms with E-state index in [1.807, 2.05) is 24.3 Å². The average Bonchev–Trinajstić information content (AvgIpc) is 3.28. The number of rotatable bonds is 3. The molecule has 4 rings (SSSR count). The van der Waals surface area contributed by atoms with E-state index in [0.29, 0.717) is 26.3 Å². The molecule has 0 radical (unpaired) electrons. The minimum atomic E-state index is -0.827. The molecule has 1 aromatic heterocycles. The fourth-order valence-electron chi connectivity index (χ4n) is 3.66. The lowest BCUT2D eigenvalue weighted by atomic mass is 9.85. The predicted molar refractivity (Wildman–Crippen MR) is 126 cm³/mol. The lowest BCUT2D eigenvalue weighted by molar-refractivity contribution is -0.132. The Balaban J connectivity index is 1.91. The summed E-state index contributed by atoms with van der Waals surface area (Å²) in [7, 11) is 0. The first-order chi connectivity index (χ1) is 15.1. The molecule has 0 bridgehead atoms. The largest absolute Gasteiger partial charge is 0.507 e. The van der Waals surface area contributed by atoms with Gasteiger partial charge >= 0.3 is 5.91 Å². The summed E-state index contributed by atoms with van der Waals surface area (Å²) in [6.45, 7) is 8.11. The minimum absolute atomic E-state index is 0.00804. The van der Waals surface area contributed by atoms with Crippen LogP contribution in [-0.2, 0) is 15.0 Å². The van der Waals surface area contributed by atoms with E-state index < -0.39 is 17.7 Å². The van der Waals surface area contributed by atoms with Gasteiger partial charge in [-0.1, -0.05) is 68.0 Å². The van der Waals surface area contributed by atoms with Gasteiger partial charge in [0.25, 0.3) is 5.78 Å². The van der Waals surface area contributed by atoms with Crippen LogP contribution in [0.3, 0.4) is 0 Å². The number of aliphatic hydroxyl groups is 1. The Hall–Kier alpha value is -3.03. The van der Waals surface area contributed by atoms with Crippen molar-refractivity contribution in [2.24, 2.45) is 0 Å². The molecule has 1 aliphatic rings. The number of aromatic nitrogens is 2. The van der Waals surface area contributed by atoms with Gasteiger partial charge in [-0.25, -0.2) is 0 Å². The van der Waals surface area contributed by atoms with Gasteiger partial charge in [-0.2, -0.15) is 0 Å². The zero-order valence-electron chi connectivity index (χ0n) is 18.1. The SMILES string of the molecule is Cc1nnc(N2C(=O)C(=O)/C(=C(/O)c3ccc(Cl)cc3)C2c2ccc(C(C)(C)C)cc2)s1. The van der Waals surface area contributed by atoms with Crippen LogP contribution in [0, 0.1) is 6.92 Å². The highest BCUT2D eigenvalue weighted by atomic mass is 35.5. The number of benzene rings is 2. The topological polar surface area (TPSA) is 83.4 Å². The number of anilines is 1. The summed E-state index contributed by atoms with van der Waals surface area (Å²) in [5, 5.41) is 20.7. The maximum Gasteiger partial charge on any atom is 0.301 e. The number of halogens is 1. The summed E-state index contributed by atoms with van der Waals surface area (Å²) in [6, 6.07) is 13.3. The molecule has 1 N–H and O–H groups in total. The van der Waals surface area contributed by atoms with Gasteiger partial charge in [0.2, 0.25) is 5.13 Å². The predicted octanol–water partition coefficient (Wildman–Crippen LogP) is 5.42. The molecular formula is C24H22ClN3O3S. The molecule has 2 heterocycles. The first-order valence-corrected chi connectivity index (χ1v) is 11.2. The molecule has 0 spiro atoms. The van der Waals surface area contributed by atoms with Gasteiger partial charge in [-0.05, 0) is 47.7 Å². The van der Waals surface area contributed by atoms with Gasteiger partial charge in [-0.15, -0.1) is 10.2 Å². The number of carbonyl (C=O) groups is 2. The number of amides is 1. The molecule has 32 heavy (non-hydrogen) atoms. The van der Waals surface area contributed by atoms with Gasteiger partial charge in [0.05, 0.1) is 11.6 Å². The lowest BCUT2D eigenvalue weighted by Crippen LogP contribution is -2.29. The van der Waals surface area contributed by atoms with Crippen molar-refractivity contribution in [1.29, 1.82) is 0 Å². The fraction of sp³-hybridized carbons (Fsp3) is 0.250. The molecule has 2 aromatic carbocycles. The quantitative estimate of drug-likeness (QED) is 0.315. The molecule has 1 saturated heterocycles. The second-order valence-electron chi connectivity index (χ2n) is 8.65. The first-order valence-electron chi connectivity index (χ1n) is 10.1. The Kier molecular flexibility index (Phi) is 5.65. The molecule has 8 heteroatoms. The number of hydrogen-bond acceptors (Lipinski definition) is 6. The van der Waals surface area contributed by atoms with Crippen LogP contribution >= 0.6 is 22.9 Å². The Bertz CT molecular complexity index is 1220. The molecule has 164 valence electrons. The Morgan fingerprint density at radius 3 is 2.19 bits per heavy atom. The molecule has 1 aliphatic heterocycles. The zero-order valence-corrected chi connectivity index (χ0v) is 19.7. The molecule has 1 amide bonds. The van der Waals surface area contributed by atoms with Crippen LogP contribution in [0.4, 0.5) is 5.13 Å². The summed E-state index contributed by atoms with van der Waals surface area (Å²) < 4.78 is 0. The third-order valence-electron chi connectivity index (χ3n) is 5.38. The molecule has 1 unspecified atom stereocenters. The van der Waals surface area contributed by atoms with E-state index >= 15 is 0 Å². The molecule has 3 aromatic rings. The van der Waals surface area contributed by atoms with E-state index in [1.165, 1.54) is 16.2 Å². The van der Waals surface area contributed by atoms with Crippen molar-refractivity contribution in [2.75, 3.05) is 4.90 Å². The Morgan fingerprint density at radius 1 is 1.03 bits per heavy atom. The van der Waals surface area contributed by atoms with Gasteiger partial charge in [0, 0.05) is 10.6 Å². The number of nitrogens with zero attached hydrogens (tertiary/aromatic N) is 3. The van der Waals surface area contributed by atoms with E-state index in [0.717, 1.165) is 5.56 Å². The molecule has 1 fully saturated rings. The van der Waals surface area contributed by atoms with E-state index in [9.17, 15) is 14.7 Å². The highest BCUT2D eigenvalue weighted by Crippen LogP contribution is 2.43. The summed E-state index contributed by atoms with van der Waals surface area (Å²) in [5.74, 6) is -1.77. The zero-order chi connectivity index (χ0) is 23.2. The normalized spacial score (nSPS) is 18.4. The van der Waals surface area contributed by atoms with Crippen LogP contribution in [0.1, 0.15) is 48.5 Å². The van der Waals surface area contributed by atoms with E-state index in [1.54, 1.807) is 31.2 Å². The average molecular weight is 468 g/mol. The van der Waals surface area contributed by atoms with Gasteiger partial charge in [0.1, 0.15) is 10.8 Å². The summed E-state index contributed by atoms with van der Waals surface area (Å²) in [5.41, 5.74) is 2.16. The number of aliphatic hydroxyl groups excluding tert-OH is 1. The summed E-state index contributed by atoms with van der Waals surface area (Å²) >= 11 is 7.19. The van der Waals surface area contributed by atoms with Crippen LogP contribution in [-0.4, -0.2) is 27.0 Å². The summed E-state index contributed by atoms with van der Waals surface area (Å²) in [4.78, 5) is 27.5. The first kappa shape index (κ1) is 22.2. The second kappa shape index (κ2) is 8.15. The number of ketones is 1. The van der Waals surface area contributed by atoms with E-state index in [2.05, 4.69) is 31.0 Å². The van der Waals surface area contributed by atoms with E-state index in [4.69, 9.17) is 11.6 Å². The second-order valence-corrected chi connectivity index (χ2v) is 10.2. The number of Topliss-reactive ketones (excluding diaryl/α,β-unsaturated/α-hetero) is 1. The molecule has 1 atom stereocenters. The smallest absolute Gasteiger partial charge is 0.301 e. The van der Waals surface area contributed by atoms with Crippen molar-refractivity contribution in [1.82, 2.24) is 10.2 Å². The van der Waals surface area contributed by atoms with Gasteiger partial charge < -0.3 is 5.11 Å². The van der Waals surface area contributed by atoms with Crippen molar-refractivity contribution < 1.29 is 14.7 Å². The van der Waals surface area contributed by atoms with Crippen LogP contribution in [0.15, 0.2) is 54.1 Å². The third kappa shape index (κ3) is 3.94. The van der Waals surface area contributed by atoms with Crippen LogP contribution in [0.25, 0.3) is 5.76 Å². The van der Waals surface area contributed by atoms with E-state index in [-0.39, 0.29) is 16.7 Å². The van der Waals surface area contributed by atoms with Crippen LogP contribution < -0.4 is 4.90 Å². The standard InChI is InChI=1S/C24H22ClN3O3S/c1-13-26-27-23(32-13)28-19(14-5-9-16(10-6-14)24(2,3)4)18(21(30)22(28)31)20(29)15-7-11-17(25)12-8-15/h5-12,19,29H,1-4H3/b20-18+. The molecule has 0 aliphatic carbocycles. The third-order valence-corrected chi connectivity index (χ3v) is 6.47. The molecule has 0 saturated carbocycles. The minimum Gasteiger partial charge on any atom is -0.507 e. The highest BCUT2D eigenvalue weighted by molar-refractivity contribution is 7.15. The maximum atomic E-state index is 13.1. The number of aryl methyl sites for hydroxylation is 1. The van der Waals surface area contributed by atoms with Crippen molar-refractivity contribution in [2.45, 2.75) is 39.2 Å².